The van der Waals surface area contributed by atoms with Gasteiger partial charge < -0.3 is 20.1 Å². The highest BCUT2D eigenvalue weighted by Gasteiger charge is 2.69. The molecule has 2 bridgehead atoms. The van der Waals surface area contributed by atoms with Crippen LogP contribution in [0.2, 0.25) is 5.02 Å². The van der Waals surface area contributed by atoms with Crippen LogP contribution in [0.3, 0.4) is 0 Å². The molecule has 28 heavy (non-hydrogen) atoms. The van der Waals surface area contributed by atoms with Gasteiger partial charge in [-0.3, -0.25) is 9.59 Å². The molecule has 4 aliphatic carbocycles. The predicted molar refractivity (Wildman–Crippen MR) is 101 cm³/mol. The Morgan fingerprint density at radius 2 is 1.64 bits per heavy atom. The third-order valence-corrected chi connectivity index (χ3v) is 6.00. The van der Waals surface area contributed by atoms with Gasteiger partial charge in [0, 0.05) is 16.1 Å². The SMILES string of the molecule is N#CC1CC(OCC(=O)NC23CC(NC(=O)COc4ccc(Cl)cc4)(C2)C3)C1. The fourth-order valence-corrected chi connectivity index (χ4v) is 4.52. The first kappa shape index (κ1) is 19.0. The van der Waals surface area contributed by atoms with Crippen LogP contribution in [0.1, 0.15) is 32.1 Å². The lowest BCUT2D eigenvalue weighted by Gasteiger charge is -2.70. The van der Waals surface area contributed by atoms with Crippen LogP contribution in [0.25, 0.3) is 0 Å². The van der Waals surface area contributed by atoms with Gasteiger partial charge in [0.05, 0.1) is 18.1 Å². The average molecular weight is 404 g/mol. The molecule has 2 amide bonds. The van der Waals surface area contributed by atoms with E-state index in [1.54, 1.807) is 24.3 Å². The van der Waals surface area contributed by atoms with Crippen molar-refractivity contribution in [2.75, 3.05) is 13.2 Å². The number of nitrogens with one attached hydrogen (secondary N) is 2. The molecular formula is C20H22ClN3O4. The van der Waals surface area contributed by atoms with Crippen LogP contribution in [0.5, 0.6) is 5.75 Å². The smallest absolute Gasteiger partial charge is 0.258 e. The molecule has 0 unspecified atom stereocenters. The summed E-state index contributed by atoms with van der Waals surface area (Å²) < 4.78 is 11.0. The zero-order chi connectivity index (χ0) is 19.8. The van der Waals surface area contributed by atoms with E-state index in [9.17, 15) is 9.59 Å². The Kier molecular flexibility index (Phi) is 4.94. The van der Waals surface area contributed by atoms with Gasteiger partial charge in [-0.2, -0.15) is 5.26 Å². The first-order chi connectivity index (χ1) is 13.4. The van der Waals surface area contributed by atoms with Crippen molar-refractivity contribution < 1.29 is 19.1 Å². The van der Waals surface area contributed by atoms with Gasteiger partial charge in [0.2, 0.25) is 5.91 Å². The van der Waals surface area contributed by atoms with E-state index >= 15 is 0 Å². The minimum Gasteiger partial charge on any atom is -0.484 e. The summed E-state index contributed by atoms with van der Waals surface area (Å²) >= 11 is 5.82. The van der Waals surface area contributed by atoms with Crippen LogP contribution in [0, 0.1) is 17.2 Å². The van der Waals surface area contributed by atoms with Crippen molar-refractivity contribution in [2.24, 2.45) is 5.92 Å². The number of amides is 2. The molecule has 0 aliphatic heterocycles. The molecule has 2 N–H and O–H groups in total. The lowest BCUT2D eigenvalue weighted by atomic mass is 9.44. The number of carbonyl (C=O) groups is 2. The molecule has 8 heteroatoms. The molecule has 0 spiro atoms. The van der Waals surface area contributed by atoms with Gasteiger partial charge in [0.1, 0.15) is 12.4 Å². The Balaban J connectivity index is 1.12. The second-order valence-corrected chi connectivity index (χ2v) is 8.60. The summed E-state index contributed by atoms with van der Waals surface area (Å²) in [5.41, 5.74) is -0.428. The lowest BCUT2D eigenvalue weighted by molar-refractivity contribution is -0.154. The van der Waals surface area contributed by atoms with Crippen LogP contribution >= 0.6 is 11.6 Å². The van der Waals surface area contributed by atoms with Crippen molar-refractivity contribution in [3.63, 3.8) is 0 Å². The molecule has 148 valence electrons. The van der Waals surface area contributed by atoms with Crippen molar-refractivity contribution in [1.29, 1.82) is 5.26 Å². The summed E-state index contributed by atoms with van der Waals surface area (Å²) in [6.07, 6.45) is 3.65. The number of carbonyl (C=O) groups excluding carboxylic acids is 2. The highest BCUT2D eigenvalue weighted by atomic mass is 35.5. The molecule has 0 aromatic heterocycles. The van der Waals surface area contributed by atoms with E-state index in [0.29, 0.717) is 23.6 Å². The molecule has 4 fully saturated rings. The van der Waals surface area contributed by atoms with Gasteiger partial charge in [-0.25, -0.2) is 0 Å². The quantitative estimate of drug-likeness (QED) is 0.690. The first-order valence-corrected chi connectivity index (χ1v) is 9.79. The number of nitriles is 1. The second kappa shape index (κ2) is 7.26. The minimum absolute atomic E-state index is 0.0229. The summed E-state index contributed by atoms with van der Waals surface area (Å²) in [5, 5.41) is 15.4. The number of ether oxygens (including phenoxy) is 2. The van der Waals surface area contributed by atoms with E-state index in [1.807, 2.05) is 0 Å². The fraction of sp³-hybridized carbons (Fsp3) is 0.550. The standard InChI is InChI=1S/C20H22ClN3O4/c21-14-1-3-15(4-2-14)27-8-17(25)23-19-10-20(11-19,12-19)24-18(26)9-28-16-5-13(6-16)7-22/h1-4,13,16H,5-6,8-12H2,(H,23,25)(H,24,26). The van der Waals surface area contributed by atoms with Crippen molar-refractivity contribution in [1.82, 2.24) is 10.6 Å². The molecule has 1 aromatic rings. The number of rotatable bonds is 8. The maximum absolute atomic E-state index is 12.1. The Morgan fingerprint density at radius 1 is 1.07 bits per heavy atom. The van der Waals surface area contributed by atoms with E-state index in [1.165, 1.54) is 0 Å². The molecule has 0 saturated heterocycles. The Bertz CT molecular complexity index is 794. The van der Waals surface area contributed by atoms with Gasteiger partial charge in [-0.1, -0.05) is 11.6 Å². The Labute approximate surface area is 168 Å². The second-order valence-electron chi connectivity index (χ2n) is 8.16. The van der Waals surface area contributed by atoms with Crippen LogP contribution in [-0.4, -0.2) is 42.2 Å². The summed E-state index contributed by atoms with van der Waals surface area (Å²) in [5.74, 6) is 0.354. The maximum Gasteiger partial charge on any atom is 0.258 e. The Morgan fingerprint density at radius 3 is 2.21 bits per heavy atom. The van der Waals surface area contributed by atoms with E-state index in [0.717, 1.165) is 19.3 Å². The van der Waals surface area contributed by atoms with Crippen molar-refractivity contribution in [2.45, 2.75) is 49.3 Å². The molecule has 7 nitrogen and oxygen atoms in total. The minimum atomic E-state index is -0.220. The average Bonchev–Trinajstić information content (AvgIpc) is 2.57. The summed E-state index contributed by atoms with van der Waals surface area (Å²) in [4.78, 5) is 24.2. The summed E-state index contributed by atoms with van der Waals surface area (Å²) in [6.45, 7) is -0.0273. The van der Waals surface area contributed by atoms with Crippen molar-refractivity contribution in [3.8, 4) is 11.8 Å². The van der Waals surface area contributed by atoms with Crippen molar-refractivity contribution >= 4 is 23.4 Å². The first-order valence-electron chi connectivity index (χ1n) is 9.41. The number of hydrogen-bond donors (Lipinski definition) is 2. The van der Waals surface area contributed by atoms with E-state index in [4.69, 9.17) is 26.3 Å². The third kappa shape index (κ3) is 3.94. The number of hydrogen-bond acceptors (Lipinski definition) is 5. The van der Waals surface area contributed by atoms with Gasteiger partial charge in [-0.05, 0) is 56.4 Å². The van der Waals surface area contributed by atoms with Gasteiger partial charge in [0.25, 0.3) is 5.91 Å². The monoisotopic (exact) mass is 403 g/mol. The number of halogens is 1. The lowest BCUT2D eigenvalue weighted by Crippen LogP contribution is -2.84. The molecule has 4 saturated carbocycles. The van der Waals surface area contributed by atoms with E-state index < -0.39 is 0 Å². The highest BCUT2D eigenvalue weighted by molar-refractivity contribution is 6.30. The number of benzene rings is 1. The molecular weight excluding hydrogens is 382 g/mol. The maximum atomic E-state index is 12.1. The topological polar surface area (TPSA) is 100 Å². The largest absolute Gasteiger partial charge is 0.484 e. The molecule has 0 radical (unpaired) electrons. The van der Waals surface area contributed by atoms with Crippen LogP contribution < -0.4 is 15.4 Å². The van der Waals surface area contributed by atoms with Gasteiger partial charge in [0.15, 0.2) is 6.61 Å². The molecule has 5 rings (SSSR count). The molecule has 4 aliphatic rings. The van der Waals surface area contributed by atoms with E-state index in [2.05, 4.69) is 16.7 Å². The molecule has 0 heterocycles. The third-order valence-electron chi connectivity index (χ3n) is 5.75. The molecule has 0 atom stereocenters. The normalized spacial score (nSPS) is 32.0. The van der Waals surface area contributed by atoms with Crippen LogP contribution in [0.15, 0.2) is 24.3 Å². The zero-order valence-electron chi connectivity index (χ0n) is 15.4. The molecule has 1 aromatic carbocycles. The van der Waals surface area contributed by atoms with E-state index in [-0.39, 0.29) is 48.1 Å². The Hall–Kier alpha value is -2.30. The highest BCUT2D eigenvalue weighted by Crippen LogP contribution is 2.60. The number of nitrogens with zero attached hydrogens (tertiary/aromatic N) is 1. The van der Waals surface area contributed by atoms with Gasteiger partial charge >= 0.3 is 0 Å². The fourth-order valence-electron chi connectivity index (χ4n) is 4.40. The summed E-state index contributed by atoms with van der Waals surface area (Å²) in [7, 11) is 0. The summed E-state index contributed by atoms with van der Waals surface area (Å²) in [6, 6.07) is 9.04. The zero-order valence-corrected chi connectivity index (χ0v) is 16.1. The van der Waals surface area contributed by atoms with Crippen molar-refractivity contribution in [3.05, 3.63) is 29.3 Å². The predicted octanol–water partition coefficient (Wildman–Crippen LogP) is 1.95. The van der Waals surface area contributed by atoms with Gasteiger partial charge in [-0.15, -0.1) is 0 Å². The van der Waals surface area contributed by atoms with Crippen LogP contribution in [-0.2, 0) is 14.3 Å². The van der Waals surface area contributed by atoms with Crippen LogP contribution in [0.4, 0.5) is 0 Å².